The summed E-state index contributed by atoms with van der Waals surface area (Å²) >= 11 is 1.25. The summed E-state index contributed by atoms with van der Waals surface area (Å²) in [6.45, 7) is -0.539. The molecule has 1 fully saturated rings. The number of carbonyl (C=O) groups is 1. The fraction of sp³-hybridized carbons (Fsp3) is 0.357. The Labute approximate surface area is 133 Å². The van der Waals surface area contributed by atoms with Crippen molar-refractivity contribution in [1.29, 1.82) is 0 Å². The van der Waals surface area contributed by atoms with Crippen molar-refractivity contribution in [2.45, 2.75) is 12.3 Å². The van der Waals surface area contributed by atoms with Crippen LogP contribution in [0.1, 0.15) is 10.5 Å². The minimum Gasteiger partial charge on any atom is -0.365 e. The molecule has 0 aromatic carbocycles. The van der Waals surface area contributed by atoms with Crippen LogP contribution >= 0.6 is 11.3 Å². The van der Waals surface area contributed by atoms with Gasteiger partial charge in [0.05, 0.1) is 13.2 Å². The van der Waals surface area contributed by atoms with Crippen molar-refractivity contribution >= 4 is 17.2 Å². The van der Waals surface area contributed by atoms with E-state index in [1.165, 1.54) is 11.3 Å². The van der Waals surface area contributed by atoms with Gasteiger partial charge in [-0.3, -0.25) is 9.78 Å². The average molecular weight is 343 g/mol. The van der Waals surface area contributed by atoms with Gasteiger partial charge in [-0.15, -0.1) is 11.3 Å². The maximum absolute atomic E-state index is 12.7. The molecule has 9 heteroatoms. The normalized spacial score (nSPS) is 18.9. The third-order valence-corrected chi connectivity index (χ3v) is 4.24. The Morgan fingerprint density at radius 3 is 2.96 bits per heavy atom. The standard InChI is InChI=1S/C14H12F3N3O2S/c15-14(16,17)11-7-20(4-5-22-11)13(21)10-8-23-12(19-10)9-2-1-3-18-6-9/h1-3,6,8,11H,4-5,7H2/t11-/m1/s1. The van der Waals surface area contributed by atoms with E-state index < -0.39 is 24.7 Å². The highest BCUT2D eigenvalue weighted by atomic mass is 32.1. The minimum atomic E-state index is -4.48. The number of morpholine rings is 1. The summed E-state index contributed by atoms with van der Waals surface area (Å²) in [6.07, 6.45) is -3.20. The Morgan fingerprint density at radius 1 is 1.43 bits per heavy atom. The average Bonchev–Trinajstić information content (AvgIpc) is 3.04. The number of carbonyl (C=O) groups excluding carboxylic acids is 1. The lowest BCUT2D eigenvalue weighted by atomic mass is 10.2. The zero-order chi connectivity index (χ0) is 16.4. The quantitative estimate of drug-likeness (QED) is 0.841. The highest BCUT2D eigenvalue weighted by molar-refractivity contribution is 7.13. The molecule has 0 unspecified atom stereocenters. The molecule has 2 aromatic heterocycles. The van der Waals surface area contributed by atoms with Crippen LogP contribution in [-0.4, -0.2) is 52.8 Å². The van der Waals surface area contributed by atoms with Crippen LogP contribution in [0.4, 0.5) is 13.2 Å². The lowest BCUT2D eigenvalue weighted by Crippen LogP contribution is -2.51. The van der Waals surface area contributed by atoms with Crippen LogP contribution in [0.5, 0.6) is 0 Å². The molecule has 0 N–H and O–H groups in total. The van der Waals surface area contributed by atoms with Gasteiger partial charge >= 0.3 is 6.18 Å². The van der Waals surface area contributed by atoms with Crippen molar-refractivity contribution in [2.24, 2.45) is 0 Å². The maximum atomic E-state index is 12.7. The molecule has 0 saturated carbocycles. The lowest BCUT2D eigenvalue weighted by molar-refractivity contribution is -0.233. The van der Waals surface area contributed by atoms with E-state index in [2.05, 4.69) is 14.7 Å². The van der Waals surface area contributed by atoms with Crippen LogP contribution < -0.4 is 0 Å². The largest absolute Gasteiger partial charge is 0.416 e. The highest BCUT2D eigenvalue weighted by Gasteiger charge is 2.44. The number of nitrogens with zero attached hydrogens (tertiary/aromatic N) is 3. The van der Waals surface area contributed by atoms with Crippen LogP contribution in [0.25, 0.3) is 10.6 Å². The number of alkyl halides is 3. The van der Waals surface area contributed by atoms with E-state index in [4.69, 9.17) is 0 Å². The van der Waals surface area contributed by atoms with E-state index in [9.17, 15) is 18.0 Å². The first-order chi connectivity index (χ1) is 10.9. The van der Waals surface area contributed by atoms with Crippen molar-refractivity contribution in [3.63, 3.8) is 0 Å². The van der Waals surface area contributed by atoms with Gasteiger partial charge in [-0.25, -0.2) is 4.98 Å². The smallest absolute Gasteiger partial charge is 0.365 e. The van der Waals surface area contributed by atoms with Crippen molar-refractivity contribution in [3.8, 4) is 10.6 Å². The zero-order valence-corrected chi connectivity index (χ0v) is 12.6. The molecule has 23 heavy (non-hydrogen) atoms. The lowest BCUT2D eigenvalue weighted by Gasteiger charge is -2.33. The van der Waals surface area contributed by atoms with Gasteiger partial charge in [-0.1, -0.05) is 0 Å². The number of pyridine rings is 1. The second-order valence-electron chi connectivity index (χ2n) is 4.93. The van der Waals surface area contributed by atoms with Gasteiger partial charge in [0.25, 0.3) is 5.91 Å². The third-order valence-electron chi connectivity index (χ3n) is 3.35. The Morgan fingerprint density at radius 2 is 2.26 bits per heavy atom. The van der Waals surface area contributed by atoms with Gasteiger partial charge < -0.3 is 9.64 Å². The Balaban J connectivity index is 1.75. The summed E-state index contributed by atoms with van der Waals surface area (Å²) < 4.78 is 42.9. The summed E-state index contributed by atoms with van der Waals surface area (Å²) in [5, 5.41) is 2.14. The highest BCUT2D eigenvalue weighted by Crippen LogP contribution is 2.27. The second kappa shape index (κ2) is 6.25. The molecule has 3 rings (SSSR count). The summed E-state index contributed by atoms with van der Waals surface area (Å²) in [5.74, 6) is -0.519. The SMILES string of the molecule is O=C(c1csc(-c2cccnc2)n1)N1CCO[C@@H](C(F)(F)F)C1. The number of rotatable bonds is 2. The first kappa shape index (κ1) is 15.9. The molecule has 3 heterocycles. The predicted octanol–water partition coefficient (Wildman–Crippen LogP) is 2.61. The van der Waals surface area contributed by atoms with Crippen LogP contribution in [0, 0.1) is 0 Å². The summed E-state index contributed by atoms with van der Waals surface area (Å²) in [4.78, 5) is 21.7. The summed E-state index contributed by atoms with van der Waals surface area (Å²) in [6, 6.07) is 3.54. The van der Waals surface area contributed by atoms with Crippen LogP contribution in [0.2, 0.25) is 0 Å². The molecular formula is C14H12F3N3O2S. The molecular weight excluding hydrogens is 331 g/mol. The zero-order valence-electron chi connectivity index (χ0n) is 11.8. The first-order valence-corrected chi connectivity index (χ1v) is 7.66. The molecule has 1 aliphatic heterocycles. The fourth-order valence-corrected chi connectivity index (χ4v) is 2.97. The van der Waals surface area contributed by atoms with Crippen molar-refractivity contribution in [2.75, 3.05) is 19.7 Å². The van der Waals surface area contributed by atoms with E-state index >= 15 is 0 Å². The second-order valence-corrected chi connectivity index (χ2v) is 5.79. The van der Waals surface area contributed by atoms with Gasteiger partial charge in [0, 0.05) is 29.9 Å². The molecule has 1 amide bonds. The maximum Gasteiger partial charge on any atom is 0.416 e. The molecule has 5 nitrogen and oxygen atoms in total. The summed E-state index contributed by atoms with van der Waals surface area (Å²) in [7, 11) is 0. The molecule has 122 valence electrons. The molecule has 1 atom stereocenters. The Kier molecular flexibility index (Phi) is 4.31. The molecule has 0 bridgehead atoms. The van der Waals surface area contributed by atoms with E-state index in [0.717, 1.165) is 10.5 Å². The van der Waals surface area contributed by atoms with Gasteiger partial charge in [-0.05, 0) is 12.1 Å². The van der Waals surface area contributed by atoms with Crippen LogP contribution in [-0.2, 0) is 4.74 Å². The molecule has 0 radical (unpaired) electrons. The Hall–Kier alpha value is -2.00. The first-order valence-electron chi connectivity index (χ1n) is 6.78. The third kappa shape index (κ3) is 3.50. The van der Waals surface area contributed by atoms with E-state index in [-0.39, 0.29) is 18.8 Å². The number of thiazole rings is 1. The summed E-state index contributed by atoms with van der Waals surface area (Å²) in [5.41, 5.74) is 0.892. The molecule has 2 aromatic rings. The predicted molar refractivity (Wildman–Crippen MR) is 77.0 cm³/mol. The fourth-order valence-electron chi connectivity index (χ4n) is 2.19. The number of amides is 1. The van der Waals surface area contributed by atoms with E-state index in [1.807, 2.05) is 0 Å². The van der Waals surface area contributed by atoms with Crippen molar-refractivity contribution in [3.05, 3.63) is 35.6 Å². The van der Waals surface area contributed by atoms with E-state index in [0.29, 0.717) is 5.01 Å². The minimum absolute atomic E-state index is 0.116. The molecule has 0 aliphatic carbocycles. The van der Waals surface area contributed by atoms with E-state index in [1.54, 1.807) is 29.9 Å². The monoisotopic (exact) mass is 343 g/mol. The van der Waals surface area contributed by atoms with Gasteiger partial charge in [0.1, 0.15) is 10.7 Å². The number of aromatic nitrogens is 2. The number of hydrogen-bond donors (Lipinski definition) is 0. The van der Waals surface area contributed by atoms with Crippen LogP contribution in [0.15, 0.2) is 29.9 Å². The molecule has 0 spiro atoms. The van der Waals surface area contributed by atoms with Crippen molar-refractivity contribution in [1.82, 2.24) is 14.9 Å². The number of halogens is 3. The number of hydrogen-bond acceptors (Lipinski definition) is 5. The topological polar surface area (TPSA) is 55.3 Å². The van der Waals surface area contributed by atoms with Crippen LogP contribution in [0.3, 0.4) is 0 Å². The van der Waals surface area contributed by atoms with Gasteiger partial charge in [-0.2, -0.15) is 13.2 Å². The molecule has 1 saturated heterocycles. The van der Waals surface area contributed by atoms with Gasteiger partial charge in [0.15, 0.2) is 6.10 Å². The van der Waals surface area contributed by atoms with Gasteiger partial charge in [0.2, 0.25) is 0 Å². The Bertz CT molecular complexity index is 690. The number of ether oxygens (including phenoxy) is 1. The van der Waals surface area contributed by atoms with Crippen molar-refractivity contribution < 1.29 is 22.7 Å². The molecule has 1 aliphatic rings.